The summed E-state index contributed by atoms with van der Waals surface area (Å²) >= 11 is 6.19. The number of rotatable bonds is 6. The zero-order chi connectivity index (χ0) is 29.5. The molecular weight excluding hydrogens is 588 g/mol. The zero-order valence-corrected chi connectivity index (χ0v) is 22.4. The number of amides is 1. The van der Waals surface area contributed by atoms with Gasteiger partial charge < -0.3 is 9.80 Å². The number of anilines is 1. The van der Waals surface area contributed by atoms with Gasteiger partial charge >= 0.3 is 12.4 Å². The standard InChI is InChI=1S/C24H22ClF6N5O3S/c1-34(14-16-4-2-3-5-19(16)25)22(37)20-21(35-6-8-40(38,39)9-7-35)36(33-32-20)13-15-10-17(23(26,27)28)12-18(11-15)24(29,30)31/h2-5,10-12H,6-9,13-14H2,1H3. The van der Waals surface area contributed by atoms with Gasteiger partial charge in [-0.2, -0.15) is 26.3 Å². The van der Waals surface area contributed by atoms with E-state index in [0.29, 0.717) is 22.7 Å². The van der Waals surface area contributed by atoms with E-state index in [1.54, 1.807) is 24.3 Å². The molecule has 0 aliphatic carbocycles. The Balaban J connectivity index is 1.74. The Morgan fingerprint density at radius 2 is 1.57 bits per heavy atom. The number of hydrogen-bond donors (Lipinski definition) is 0. The van der Waals surface area contributed by atoms with Crippen molar-refractivity contribution in [2.24, 2.45) is 0 Å². The summed E-state index contributed by atoms with van der Waals surface area (Å²) in [6.07, 6.45) is -10.1. The molecule has 0 N–H and O–H groups in total. The van der Waals surface area contributed by atoms with E-state index < -0.39 is 45.8 Å². The quantitative estimate of drug-likeness (QED) is 0.382. The largest absolute Gasteiger partial charge is 0.416 e. The summed E-state index contributed by atoms with van der Waals surface area (Å²) in [6.45, 7) is -0.705. The van der Waals surface area contributed by atoms with Gasteiger partial charge in [0.1, 0.15) is 0 Å². The van der Waals surface area contributed by atoms with Gasteiger partial charge in [0.25, 0.3) is 5.91 Å². The van der Waals surface area contributed by atoms with Crippen molar-refractivity contribution in [2.45, 2.75) is 25.4 Å². The summed E-state index contributed by atoms with van der Waals surface area (Å²) < 4.78 is 105. The Morgan fingerprint density at radius 1 is 1.00 bits per heavy atom. The van der Waals surface area contributed by atoms with Crippen LogP contribution in [0.2, 0.25) is 5.02 Å². The molecule has 8 nitrogen and oxygen atoms in total. The van der Waals surface area contributed by atoms with Crippen LogP contribution in [0.3, 0.4) is 0 Å². The van der Waals surface area contributed by atoms with E-state index in [9.17, 15) is 39.6 Å². The summed E-state index contributed by atoms with van der Waals surface area (Å²) in [7, 11) is -1.91. The second kappa shape index (κ2) is 10.9. The van der Waals surface area contributed by atoms with Crippen molar-refractivity contribution in [2.75, 3.05) is 36.5 Å². The summed E-state index contributed by atoms with van der Waals surface area (Å²) in [6, 6.07) is 7.90. The highest BCUT2D eigenvalue weighted by molar-refractivity contribution is 7.91. The van der Waals surface area contributed by atoms with E-state index in [1.807, 2.05) is 0 Å². The van der Waals surface area contributed by atoms with Crippen molar-refractivity contribution >= 4 is 33.2 Å². The number of carbonyl (C=O) groups excluding carboxylic acids is 1. The molecule has 2 heterocycles. The fourth-order valence-electron chi connectivity index (χ4n) is 4.21. The number of sulfone groups is 1. The molecule has 216 valence electrons. The average Bonchev–Trinajstić information content (AvgIpc) is 3.27. The van der Waals surface area contributed by atoms with Crippen LogP contribution in [-0.4, -0.2) is 65.9 Å². The minimum Gasteiger partial charge on any atom is -0.353 e. The number of nitrogens with zero attached hydrogens (tertiary/aromatic N) is 5. The maximum Gasteiger partial charge on any atom is 0.416 e. The molecule has 40 heavy (non-hydrogen) atoms. The molecule has 1 aliphatic heterocycles. The minimum atomic E-state index is -5.05. The van der Waals surface area contributed by atoms with Crippen LogP contribution >= 0.6 is 11.6 Å². The van der Waals surface area contributed by atoms with Gasteiger partial charge in [-0.05, 0) is 35.4 Å². The predicted octanol–water partition coefficient (Wildman–Crippen LogP) is 4.52. The molecule has 3 aromatic rings. The highest BCUT2D eigenvalue weighted by Gasteiger charge is 2.37. The van der Waals surface area contributed by atoms with Crippen molar-refractivity contribution in [3.05, 3.63) is 75.4 Å². The van der Waals surface area contributed by atoms with Crippen LogP contribution in [0.25, 0.3) is 0 Å². The van der Waals surface area contributed by atoms with Gasteiger partial charge in [-0.1, -0.05) is 35.0 Å². The molecule has 1 fully saturated rings. The Morgan fingerprint density at radius 3 is 2.12 bits per heavy atom. The molecule has 0 bridgehead atoms. The van der Waals surface area contributed by atoms with Crippen LogP contribution < -0.4 is 4.90 Å². The Labute approximate surface area is 230 Å². The second-order valence-electron chi connectivity index (χ2n) is 9.22. The number of carbonyl (C=O) groups is 1. The van der Waals surface area contributed by atoms with Gasteiger partial charge in [-0.15, -0.1) is 5.10 Å². The molecule has 0 unspecified atom stereocenters. The third-order valence-corrected chi connectivity index (χ3v) is 8.23. The molecule has 1 aliphatic rings. The van der Waals surface area contributed by atoms with Crippen molar-refractivity contribution in [1.82, 2.24) is 19.9 Å². The summed E-state index contributed by atoms with van der Waals surface area (Å²) in [5.74, 6) is -1.22. The topological polar surface area (TPSA) is 88.4 Å². The molecule has 1 amide bonds. The first kappa shape index (κ1) is 29.6. The maximum atomic E-state index is 13.4. The molecule has 1 aromatic heterocycles. The molecule has 0 atom stereocenters. The second-order valence-corrected chi connectivity index (χ2v) is 11.9. The highest BCUT2D eigenvalue weighted by Crippen LogP contribution is 2.37. The van der Waals surface area contributed by atoms with E-state index >= 15 is 0 Å². The number of hydrogen-bond acceptors (Lipinski definition) is 6. The van der Waals surface area contributed by atoms with E-state index in [-0.39, 0.29) is 54.3 Å². The number of halogens is 7. The number of benzene rings is 2. The molecule has 0 saturated carbocycles. The maximum absolute atomic E-state index is 13.4. The fourth-order valence-corrected chi connectivity index (χ4v) is 5.61. The van der Waals surface area contributed by atoms with Crippen LogP contribution in [0.1, 0.15) is 32.7 Å². The summed E-state index contributed by atoms with van der Waals surface area (Å²) in [5, 5.41) is 8.18. The van der Waals surface area contributed by atoms with Gasteiger partial charge in [0.15, 0.2) is 21.3 Å². The molecule has 0 spiro atoms. The smallest absolute Gasteiger partial charge is 0.353 e. The van der Waals surface area contributed by atoms with Crippen LogP contribution in [0, 0.1) is 0 Å². The van der Waals surface area contributed by atoms with Gasteiger partial charge in [0, 0.05) is 31.7 Å². The molecule has 4 rings (SSSR count). The third kappa shape index (κ3) is 6.69. The third-order valence-electron chi connectivity index (χ3n) is 6.25. The first-order valence-corrected chi connectivity index (χ1v) is 13.9. The molecular formula is C24H22ClF6N5O3S. The molecule has 0 radical (unpaired) electrons. The normalized spacial score (nSPS) is 15.8. The lowest BCUT2D eigenvalue weighted by atomic mass is 10.0. The minimum absolute atomic E-state index is 0.0138. The van der Waals surface area contributed by atoms with Crippen molar-refractivity contribution in [3.8, 4) is 0 Å². The zero-order valence-electron chi connectivity index (χ0n) is 20.8. The SMILES string of the molecule is CN(Cc1ccccc1Cl)C(=O)c1nnn(Cc2cc(C(F)(F)F)cc(C(F)(F)F)c2)c1N1CCS(=O)(=O)CC1. The summed E-state index contributed by atoms with van der Waals surface area (Å²) in [5.41, 5.74) is -3.02. The van der Waals surface area contributed by atoms with Gasteiger partial charge in [0.05, 0.1) is 29.2 Å². The lowest BCUT2D eigenvalue weighted by molar-refractivity contribution is -0.143. The lowest BCUT2D eigenvalue weighted by Crippen LogP contribution is -2.42. The van der Waals surface area contributed by atoms with Gasteiger partial charge in [0.2, 0.25) is 0 Å². The van der Waals surface area contributed by atoms with Crippen molar-refractivity contribution in [3.63, 3.8) is 0 Å². The Hall–Kier alpha value is -3.33. The van der Waals surface area contributed by atoms with E-state index in [1.165, 1.54) is 16.8 Å². The summed E-state index contributed by atoms with van der Waals surface area (Å²) in [4.78, 5) is 16.2. The monoisotopic (exact) mass is 609 g/mol. The van der Waals surface area contributed by atoms with Gasteiger partial charge in [-0.25, -0.2) is 13.1 Å². The molecule has 2 aromatic carbocycles. The Bertz CT molecular complexity index is 1480. The first-order valence-electron chi connectivity index (χ1n) is 11.7. The highest BCUT2D eigenvalue weighted by atomic mass is 35.5. The van der Waals surface area contributed by atoms with E-state index in [4.69, 9.17) is 11.6 Å². The Kier molecular flexibility index (Phi) is 8.09. The van der Waals surface area contributed by atoms with Crippen LogP contribution in [0.5, 0.6) is 0 Å². The number of alkyl halides is 6. The van der Waals surface area contributed by atoms with Crippen molar-refractivity contribution in [1.29, 1.82) is 0 Å². The number of aromatic nitrogens is 3. The van der Waals surface area contributed by atoms with E-state index in [0.717, 1.165) is 4.68 Å². The van der Waals surface area contributed by atoms with E-state index in [2.05, 4.69) is 10.3 Å². The predicted molar refractivity (Wildman–Crippen MR) is 134 cm³/mol. The first-order chi connectivity index (χ1) is 18.5. The van der Waals surface area contributed by atoms with Crippen molar-refractivity contribution < 1.29 is 39.6 Å². The molecule has 1 saturated heterocycles. The average molecular weight is 610 g/mol. The van der Waals surface area contributed by atoms with Gasteiger partial charge in [-0.3, -0.25) is 4.79 Å². The lowest BCUT2D eigenvalue weighted by Gasteiger charge is -2.29. The molecule has 16 heteroatoms. The fraction of sp³-hybridized carbons (Fsp3) is 0.375. The van der Waals surface area contributed by atoms with Crippen LogP contribution in [0.4, 0.5) is 32.2 Å². The van der Waals surface area contributed by atoms with Crippen LogP contribution in [0.15, 0.2) is 42.5 Å². The van der Waals surface area contributed by atoms with Crippen LogP contribution in [-0.2, 0) is 35.3 Å².